The molecule has 0 bridgehead atoms. The maximum atomic E-state index is 11.7. The summed E-state index contributed by atoms with van der Waals surface area (Å²) in [6.07, 6.45) is 6.95. The topological polar surface area (TPSA) is 84.0 Å². The highest BCUT2D eigenvalue weighted by atomic mass is 16.5. The van der Waals surface area contributed by atoms with Gasteiger partial charge in [-0.3, -0.25) is 9.79 Å². The predicted molar refractivity (Wildman–Crippen MR) is 110 cm³/mol. The Morgan fingerprint density at radius 3 is 2.54 bits per heavy atom. The van der Waals surface area contributed by atoms with Crippen molar-refractivity contribution >= 4 is 11.9 Å². The van der Waals surface area contributed by atoms with Crippen LogP contribution in [-0.2, 0) is 11.3 Å². The van der Waals surface area contributed by atoms with Gasteiger partial charge in [0.25, 0.3) is 0 Å². The quantitative estimate of drug-likeness (QED) is 0.343. The highest BCUT2D eigenvalue weighted by Crippen LogP contribution is 2.34. The zero-order chi connectivity index (χ0) is 19.8. The second kappa shape index (κ2) is 10.2. The van der Waals surface area contributed by atoms with Crippen LogP contribution in [0.4, 0.5) is 0 Å². The van der Waals surface area contributed by atoms with Crippen LogP contribution in [0.3, 0.4) is 0 Å². The zero-order valence-electron chi connectivity index (χ0n) is 16.9. The Labute approximate surface area is 167 Å². The lowest BCUT2D eigenvalue weighted by Crippen LogP contribution is -2.41. The molecule has 1 amide bonds. The van der Waals surface area contributed by atoms with E-state index in [0.717, 1.165) is 42.7 Å². The van der Waals surface area contributed by atoms with E-state index in [1.807, 2.05) is 18.2 Å². The van der Waals surface area contributed by atoms with Crippen molar-refractivity contribution in [2.75, 3.05) is 27.2 Å². The van der Waals surface area contributed by atoms with Gasteiger partial charge in [-0.1, -0.05) is 12.1 Å². The molecule has 3 rings (SSSR count). The van der Waals surface area contributed by atoms with E-state index in [1.54, 1.807) is 14.2 Å². The van der Waals surface area contributed by atoms with Crippen molar-refractivity contribution in [2.45, 2.75) is 51.2 Å². The lowest BCUT2D eigenvalue weighted by atomic mass is 10.1. The second-order valence-electron chi connectivity index (χ2n) is 7.39. The zero-order valence-corrected chi connectivity index (χ0v) is 16.9. The molecule has 7 nitrogen and oxygen atoms in total. The number of ether oxygens (including phenoxy) is 2. The third-order valence-electron chi connectivity index (χ3n) is 5.20. The van der Waals surface area contributed by atoms with E-state index in [2.05, 4.69) is 20.9 Å². The summed E-state index contributed by atoms with van der Waals surface area (Å²) < 4.78 is 11.8. The van der Waals surface area contributed by atoms with Gasteiger partial charge in [0, 0.05) is 38.2 Å². The fourth-order valence-corrected chi connectivity index (χ4v) is 3.42. The Morgan fingerprint density at radius 1 is 1.11 bits per heavy atom. The van der Waals surface area contributed by atoms with Gasteiger partial charge in [0.1, 0.15) is 0 Å². The second-order valence-corrected chi connectivity index (χ2v) is 7.39. The Hall–Kier alpha value is -2.44. The van der Waals surface area contributed by atoms with Gasteiger partial charge in [-0.05, 0) is 44.6 Å². The number of hydrogen-bond acceptors (Lipinski definition) is 4. The van der Waals surface area contributed by atoms with Gasteiger partial charge in [-0.2, -0.15) is 0 Å². The summed E-state index contributed by atoms with van der Waals surface area (Å²) in [5.41, 5.74) is 1.04. The van der Waals surface area contributed by atoms with Crippen molar-refractivity contribution in [2.24, 2.45) is 10.9 Å². The Morgan fingerprint density at radius 2 is 1.86 bits per heavy atom. The molecule has 1 aromatic rings. The first-order valence-electron chi connectivity index (χ1n) is 10.3. The molecule has 0 heterocycles. The minimum absolute atomic E-state index is 0.162. The molecule has 154 valence electrons. The maximum Gasteiger partial charge on any atom is 0.223 e. The van der Waals surface area contributed by atoms with Crippen LogP contribution in [0.15, 0.2) is 23.2 Å². The first-order valence-corrected chi connectivity index (χ1v) is 10.3. The maximum absolute atomic E-state index is 11.7. The van der Waals surface area contributed by atoms with Gasteiger partial charge in [-0.15, -0.1) is 0 Å². The Kier molecular flexibility index (Phi) is 7.39. The molecule has 28 heavy (non-hydrogen) atoms. The molecule has 2 aliphatic rings. The number of carbonyl (C=O) groups excluding carboxylic acids is 1. The highest BCUT2D eigenvalue weighted by molar-refractivity contribution is 5.81. The van der Waals surface area contributed by atoms with Crippen LogP contribution in [0.25, 0.3) is 0 Å². The molecule has 0 aromatic heterocycles. The van der Waals surface area contributed by atoms with Crippen LogP contribution in [0.1, 0.15) is 44.1 Å². The standard InChI is InChI=1S/C21H32N4O3/c1-22-21(24-13-12-23-20(26)15-10-11-15)25-14-16-6-5-9-18(27-2)19(16)28-17-7-3-4-8-17/h5-6,9,15,17H,3-4,7-8,10-14H2,1-2H3,(H,23,26)(H2,22,24,25). The molecule has 7 heteroatoms. The fourth-order valence-electron chi connectivity index (χ4n) is 3.42. The first-order chi connectivity index (χ1) is 13.7. The summed E-state index contributed by atoms with van der Waals surface area (Å²) in [7, 11) is 3.41. The molecule has 0 atom stereocenters. The van der Waals surface area contributed by atoms with Gasteiger partial charge in [0.15, 0.2) is 17.5 Å². The number of para-hydroxylation sites is 1. The minimum atomic E-state index is 0.162. The number of carbonyl (C=O) groups is 1. The molecule has 2 saturated carbocycles. The Bertz CT molecular complexity index is 682. The number of hydrogen-bond donors (Lipinski definition) is 3. The van der Waals surface area contributed by atoms with Crippen LogP contribution < -0.4 is 25.4 Å². The van der Waals surface area contributed by atoms with Gasteiger partial charge in [-0.25, -0.2) is 0 Å². The van der Waals surface area contributed by atoms with E-state index >= 15 is 0 Å². The normalized spacial score (nSPS) is 17.3. The number of amides is 1. The summed E-state index contributed by atoms with van der Waals surface area (Å²) in [5.74, 6) is 2.67. The lowest BCUT2D eigenvalue weighted by Gasteiger charge is -2.20. The average molecular weight is 389 g/mol. The summed E-state index contributed by atoms with van der Waals surface area (Å²) >= 11 is 0. The van der Waals surface area contributed by atoms with Crippen molar-refractivity contribution in [3.05, 3.63) is 23.8 Å². The number of rotatable bonds is 9. The van der Waals surface area contributed by atoms with Crippen LogP contribution in [0.5, 0.6) is 11.5 Å². The minimum Gasteiger partial charge on any atom is -0.493 e. The average Bonchev–Trinajstić information content (AvgIpc) is 3.45. The molecule has 0 saturated heterocycles. The van der Waals surface area contributed by atoms with Gasteiger partial charge in [0.05, 0.1) is 13.2 Å². The van der Waals surface area contributed by atoms with Crippen LogP contribution in [-0.4, -0.2) is 45.2 Å². The number of guanidine groups is 1. The summed E-state index contributed by atoms with van der Waals surface area (Å²) in [4.78, 5) is 15.9. The fraction of sp³-hybridized carbons (Fsp3) is 0.619. The molecule has 0 spiro atoms. The first kappa shape index (κ1) is 20.3. The highest BCUT2D eigenvalue weighted by Gasteiger charge is 2.29. The number of nitrogens with zero attached hydrogens (tertiary/aromatic N) is 1. The van der Waals surface area contributed by atoms with Crippen molar-refractivity contribution in [3.8, 4) is 11.5 Å². The van der Waals surface area contributed by atoms with E-state index < -0.39 is 0 Å². The molecular formula is C21H32N4O3. The monoisotopic (exact) mass is 388 g/mol. The van der Waals surface area contributed by atoms with E-state index in [-0.39, 0.29) is 17.9 Å². The summed E-state index contributed by atoms with van der Waals surface area (Å²) in [5, 5.41) is 9.49. The third-order valence-corrected chi connectivity index (χ3v) is 5.20. The Balaban J connectivity index is 1.50. The molecule has 0 radical (unpaired) electrons. The molecule has 2 aliphatic carbocycles. The SMILES string of the molecule is CN=C(NCCNC(=O)C1CC1)NCc1cccc(OC)c1OC1CCCC1. The number of methoxy groups -OCH3 is 1. The van der Waals surface area contributed by atoms with E-state index in [9.17, 15) is 4.79 Å². The number of aliphatic imine (C=N–C) groups is 1. The summed E-state index contributed by atoms with van der Waals surface area (Å²) in [6.45, 7) is 1.79. The van der Waals surface area contributed by atoms with E-state index in [0.29, 0.717) is 25.6 Å². The smallest absolute Gasteiger partial charge is 0.223 e. The largest absolute Gasteiger partial charge is 0.493 e. The van der Waals surface area contributed by atoms with E-state index in [4.69, 9.17) is 9.47 Å². The predicted octanol–water partition coefficient (Wildman–Crippen LogP) is 2.21. The van der Waals surface area contributed by atoms with Crippen LogP contribution >= 0.6 is 0 Å². The molecular weight excluding hydrogens is 356 g/mol. The summed E-state index contributed by atoms with van der Waals surface area (Å²) in [6, 6.07) is 5.95. The molecule has 1 aromatic carbocycles. The third kappa shape index (κ3) is 5.78. The van der Waals surface area contributed by atoms with Crippen LogP contribution in [0.2, 0.25) is 0 Å². The van der Waals surface area contributed by atoms with Crippen molar-refractivity contribution in [1.29, 1.82) is 0 Å². The molecule has 3 N–H and O–H groups in total. The van der Waals surface area contributed by atoms with Gasteiger partial charge < -0.3 is 25.4 Å². The van der Waals surface area contributed by atoms with Crippen molar-refractivity contribution < 1.29 is 14.3 Å². The van der Waals surface area contributed by atoms with E-state index in [1.165, 1.54) is 12.8 Å². The van der Waals surface area contributed by atoms with Gasteiger partial charge >= 0.3 is 0 Å². The molecule has 2 fully saturated rings. The van der Waals surface area contributed by atoms with Crippen LogP contribution in [0, 0.1) is 5.92 Å². The molecule has 0 aliphatic heterocycles. The van der Waals surface area contributed by atoms with Crippen molar-refractivity contribution in [1.82, 2.24) is 16.0 Å². The molecule has 0 unspecified atom stereocenters. The van der Waals surface area contributed by atoms with Gasteiger partial charge in [0.2, 0.25) is 5.91 Å². The number of nitrogens with one attached hydrogen (secondary N) is 3. The van der Waals surface area contributed by atoms with Crippen molar-refractivity contribution in [3.63, 3.8) is 0 Å². The lowest BCUT2D eigenvalue weighted by molar-refractivity contribution is -0.122. The number of benzene rings is 1.